The number of nitrogens with one attached hydrogen (secondary N) is 1. The number of hydrogen-bond acceptors (Lipinski definition) is 5. The topological polar surface area (TPSA) is 84.9 Å². The zero-order valence-corrected chi connectivity index (χ0v) is 16.1. The highest BCUT2D eigenvalue weighted by Gasteiger charge is 2.40. The van der Waals surface area contributed by atoms with Crippen LogP contribution >= 0.6 is 15.9 Å². The molecule has 0 unspecified atom stereocenters. The Labute approximate surface area is 159 Å². The lowest BCUT2D eigenvalue weighted by Gasteiger charge is -2.31. The molecular weight excluding hydrogens is 404 g/mol. The summed E-state index contributed by atoms with van der Waals surface area (Å²) in [6.45, 7) is 0. The highest BCUT2D eigenvalue weighted by Crippen LogP contribution is 2.36. The zero-order valence-electron chi connectivity index (χ0n) is 14.5. The fraction of sp³-hybridized carbons (Fsp3) is 0.389. The van der Waals surface area contributed by atoms with E-state index in [9.17, 15) is 14.4 Å². The van der Waals surface area contributed by atoms with E-state index in [-0.39, 0.29) is 11.6 Å². The number of carbonyl (C=O) groups excluding carboxylic acids is 3. The average molecular weight is 423 g/mol. The van der Waals surface area contributed by atoms with Crippen LogP contribution in [0.25, 0.3) is 6.08 Å². The summed E-state index contributed by atoms with van der Waals surface area (Å²) in [5.41, 5.74) is 0.396. The molecule has 0 atom stereocenters. The van der Waals surface area contributed by atoms with Crippen molar-refractivity contribution in [3.05, 3.63) is 27.7 Å². The van der Waals surface area contributed by atoms with E-state index in [2.05, 4.69) is 21.2 Å². The molecule has 1 aromatic rings. The van der Waals surface area contributed by atoms with E-state index in [0.29, 0.717) is 21.5 Å². The average Bonchev–Trinajstić information content (AvgIpc) is 3.12. The van der Waals surface area contributed by atoms with Gasteiger partial charge in [-0.3, -0.25) is 19.8 Å². The minimum absolute atomic E-state index is 0.102. The highest BCUT2D eigenvalue weighted by molar-refractivity contribution is 9.10. The van der Waals surface area contributed by atoms with E-state index in [1.165, 1.54) is 25.2 Å². The van der Waals surface area contributed by atoms with Crippen molar-refractivity contribution in [1.82, 2.24) is 10.2 Å². The van der Waals surface area contributed by atoms with Crippen molar-refractivity contribution in [3.63, 3.8) is 0 Å². The fourth-order valence-corrected chi connectivity index (χ4v) is 3.84. The van der Waals surface area contributed by atoms with Crippen LogP contribution in [0, 0.1) is 0 Å². The van der Waals surface area contributed by atoms with Crippen LogP contribution in [-0.4, -0.2) is 43.0 Å². The minimum atomic E-state index is -0.713. The molecule has 26 heavy (non-hydrogen) atoms. The van der Waals surface area contributed by atoms with Crippen LogP contribution in [0.15, 0.2) is 22.2 Å². The number of amides is 4. The molecule has 8 heteroatoms. The Morgan fingerprint density at radius 1 is 1.15 bits per heavy atom. The molecule has 4 amide bonds. The van der Waals surface area contributed by atoms with Gasteiger partial charge in [0.2, 0.25) is 0 Å². The Bertz CT molecular complexity index is 799. The summed E-state index contributed by atoms with van der Waals surface area (Å²) in [4.78, 5) is 38.5. The number of ether oxygens (including phenoxy) is 2. The Balaban J connectivity index is 2.04. The molecule has 1 saturated heterocycles. The smallest absolute Gasteiger partial charge is 0.331 e. The lowest BCUT2D eigenvalue weighted by molar-refractivity contribution is -0.131. The van der Waals surface area contributed by atoms with Gasteiger partial charge in [-0.2, -0.15) is 0 Å². The Morgan fingerprint density at radius 3 is 2.46 bits per heavy atom. The zero-order chi connectivity index (χ0) is 18.8. The molecule has 1 aliphatic carbocycles. The number of methoxy groups -OCH3 is 2. The minimum Gasteiger partial charge on any atom is -0.493 e. The van der Waals surface area contributed by atoms with Gasteiger partial charge in [0.25, 0.3) is 11.8 Å². The number of benzene rings is 1. The van der Waals surface area contributed by atoms with Crippen LogP contribution in [0.2, 0.25) is 0 Å². The normalized spacial score (nSPS) is 19.9. The highest BCUT2D eigenvalue weighted by atomic mass is 79.9. The van der Waals surface area contributed by atoms with Crippen LogP contribution in [0.4, 0.5) is 4.79 Å². The third-order valence-corrected chi connectivity index (χ3v) is 5.05. The van der Waals surface area contributed by atoms with Gasteiger partial charge < -0.3 is 9.47 Å². The SMILES string of the molecule is COc1cc(Br)cc(/C=C2\C(=O)NC(=O)N(C3CCCC3)C2=O)c1OC. The maximum Gasteiger partial charge on any atom is 0.331 e. The van der Waals surface area contributed by atoms with Crippen LogP contribution in [0.1, 0.15) is 31.2 Å². The number of carbonyl (C=O) groups is 3. The van der Waals surface area contributed by atoms with Gasteiger partial charge in [-0.05, 0) is 31.1 Å². The molecule has 7 nitrogen and oxygen atoms in total. The summed E-state index contributed by atoms with van der Waals surface area (Å²) in [5, 5.41) is 2.26. The summed E-state index contributed by atoms with van der Waals surface area (Å²) in [7, 11) is 2.98. The number of imide groups is 2. The molecule has 1 N–H and O–H groups in total. The number of urea groups is 1. The van der Waals surface area contributed by atoms with Gasteiger partial charge in [-0.1, -0.05) is 28.8 Å². The van der Waals surface area contributed by atoms with Crippen molar-refractivity contribution < 1.29 is 23.9 Å². The Hall–Kier alpha value is -2.35. The first-order chi connectivity index (χ1) is 12.5. The maximum absolute atomic E-state index is 12.9. The van der Waals surface area contributed by atoms with Gasteiger partial charge in [0.15, 0.2) is 11.5 Å². The van der Waals surface area contributed by atoms with Crippen LogP contribution in [0.3, 0.4) is 0 Å². The molecule has 1 aromatic carbocycles. The Kier molecular flexibility index (Phi) is 5.31. The van der Waals surface area contributed by atoms with Crippen molar-refractivity contribution in [2.45, 2.75) is 31.7 Å². The van der Waals surface area contributed by atoms with Crippen LogP contribution in [-0.2, 0) is 9.59 Å². The number of hydrogen-bond donors (Lipinski definition) is 1. The first kappa shape index (κ1) is 18.4. The molecule has 0 bridgehead atoms. The molecule has 0 aromatic heterocycles. The van der Waals surface area contributed by atoms with E-state index in [4.69, 9.17) is 9.47 Å². The van der Waals surface area contributed by atoms with Crippen LogP contribution < -0.4 is 14.8 Å². The van der Waals surface area contributed by atoms with Gasteiger partial charge in [0, 0.05) is 16.1 Å². The summed E-state index contributed by atoms with van der Waals surface area (Å²) in [5.74, 6) is -0.434. The van der Waals surface area contributed by atoms with Gasteiger partial charge in [-0.15, -0.1) is 0 Å². The number of nitrogens with zero attached hydrogens (tertiary/aromatic N) is 1. The standard InChI is InChI=1S/C18H19BrN2O5/c1-25-14-9-11(19)7-10(15(14)26-2)8-13-16(22)20-18(24)21(17(13)23)12-5-3-4-6-12/h7-9,12H,3-6H2,1-2H3,(H,20,22,24)/b13-8+. The molecule has 3 rings (SSSR count). The third kappa shape index (κ3) is 3.33. The summed E-state index contributed by atoms with van der Waals surface area (Å²) < 4.78 is 11.4. The van der Waals surface area contributed by atoms with Gasteiger partial charge in [0.05, 0.1) is 14.2 Å². The maximum atomic E-state index is 12.9. The van der Waals surface area contributed by atoms with Crippen molar-refractivity contribution in [1.29, 1.82) is 0 Å². The number of rotatable bonds is 4. The van der Waals surface area contributed by atoms with Crippen molar-refractivity contribution in [2.75, 3.05) is 14.2 Å². The lowest BCUT2D eigenvalue weighted by Crippen LogP contribution is -2.57. The second kappa shape index (κ2) is 7.49. The molecule has 1 heterocycles. The lowest BCUT2D eigenvalue weighted by atomic mass is 10.0. The summed E-state index contributed by atoms with van der Waals surface area (Å²) in [6.07, 6.45) is 4.87. The number of halogens is 1. The van der Waals surface area contributed by atoms with Gasteiger partial charge >= 0.3 is 6.03 Å². The molecule has 2 aliphatic rings. The molecule has 0 spiro atoms. The fourth-order valence-electron chi connectivity index (χ4n) is 3.39. The molecule has 2 fully saturated rings. The summed E-state index contributed by atoms with van der Waals surface area (Å²) in [6, 6.07) is 2.62. The van der Waals surface area contributed by atoms with Crippen LogP contribution in [0.5, 0.6) is 11.5 Å². The molecule has 0 radical (unpaired) electrons. The van der Waals surface area contributed by atoms with Gasteiger partial charge in [0.1, 0.15) is 5.57 Å². The predicted octanol–water partition coefficient (Wildman–Crippen LogP) is 2.87. The van der Waals surface area contributed by atoms with E-state index < -0.39 is 17.8 Å². The first-order valence-electron chi connectivity index (χ1n) is 8.28. The second-order valence-electron chi connectivity index (χ2n) is 6.16. The molecule has 1 saturated carbocycles. The van der Waals surface area contributed by atoms with Gasteiger partial charge in [-0.25, -0.2) is 4.79 Å². The van der Waals surface area contributed by atoms with Crippen molar-refractivity contribution >= 4 is 39.9 Å². The van der Waals surface area contributed by atoms with E-state index in [1.54, 1.807) is 12.1 Å². The van der Waals surface area contributed by atoms with E-state index in [1.807, 2.05) is 0 Å². The van der Waals surface area contributed by atoms with E-state index in [0.717, 1.165) is 25.7 Å². The second-order valence-corrected chi connectivity index (χ2v) is 7.08. The predicted molar refractivity (Wildman–Crippen MR) is 97.9 cm³/mol. The third-order valence-electron chi connectivity index (χ3n) is 4.60. The quantitative estimate of drug-likeness (QED) is 0.595. The molecule has 1 aliphatic heterocycles. The van der Waals surface area contributed by atoms with Crippen molar-refractivity contribution in [2.24, 2.45) is 0 Å². The molecular formula is C18H19BrN2O5. The monoisotopic (exact) mass is 422 g/mol. The molecule has 138 valence electrons. The summed E-state index contributed by atoms with van der Waals surface area (Å²) >= 11 is 3.37. The Morgan fingerprint density at radius 2 is 1.85 bits per heavy atom. The first-order valence-corrected chi connectivity index (χ1v) is 9.07. The van der Waals surface area contributed by atoms with E-state index >= 15 is 0 Å². The van der Waals surface area contributed by atoms with Crippen molar-refractivity contribution in [3.8, 4) is 11.5 Å². The number of barbiturate groups is 1. The largest absolute Gasteiger partial charge is 0.493 e.